The van der Waals surface area contributed by atoms with Gasteiger partial charge in [-0.05, 0) is 49.1 Å². The Morgan fingerprint density at radius 1 is 1.16 bits per heavy atom. The SMILES string of the molecule is CC1CCN(S(=O)(=O)c2ccc(C(=O)NNc3nc4c(F)cc(F)cc4s3)cc2)CC1. The second-order valence-electron chi connectivity index (χ2n) is 7.44. The van der Waals surface area contributed by atoms with Crippen LogP contribution in [0.4, 0.5) is 13.9 Å². The molecule has 0 unspecified atom stereocenters. The van der Waals surface area contributed by atoms with E-state index in [-0.39, 0.29) is 21.1 Å². The third kappa shape index (κ3) is 4.53. The Morgan fingerprint density at radius 2 is 1.84 bits per heavy atom. The molecule has 4 rings (SSSR count). The molecule has 3 aromatic rings. The van der Waals surface area contributed by atoms with Gasteiger partial charge >= 0.3 is 0 Å². The van der Waals surface area contributed by atoms with Gasteiger partial charge in [0.05, 0.1) is 9.60 Å². The van der Waals surface area contributed by atoms with E-state index in [0.29, 0.717) is 23.7 Å². The number of halogens is 2. The van der Waals surface area contributed by atoms with Crippen molar-refractivity contribution in [3.05, 3.63) is 53.6 Å². The van der Waals surface area contributed by atoms with E-state index in [1.165, 1.54) is 28.6 Å². The van der Waals surface area contributed by atoms with Gasteiger partial charge in [-0.3, -0.25) is 15.6 Å². The average molecular weight is 467 g/mol. The molecule has 1 aliphatic rings. The zero-order valence-electron chi connectivity index (χ0n) is 16.6. The quantitative estimate of drug-likeness (QED) is 0.559. The van der Waals surface area contributed by atoms with E-state index in [4.69, 9.17) is 0 Å². The normalized spacial score (nSPS) is 15.8. The maximum atomic E-state index is 13.7. The molecule has 1 fully saturated rings. The number of amides is 1. The van der Waals surface area contributed by atoms with E-state index in [2.05, 4.69) is 22.8 Å². The molecule has 2 aromatic carbocycles. The first-order valence-corrected chi connectivity index (χ1v) is 11.9. The summed E-state index contributed by atoms with van der Waals surface area (Å²) < 4.78 is 54.4. The third-order valence-electron chi connectivity index (χ3n) is 5.19. The minimum atomic E-state index is -3.59. The van der Waals surface area contributed by atoms with Crippen LogP contribution in [-0.2, 0) is 10.0 Å². The van der Waals surface area contributed by atoms with Crippen LogP contribution in [0, 0.1) is 17.6 Å². The Balaban J connectivity index is 1.42. The van der Waals surface area contributed by atoms with Gasteiger partial charge in [-0.25, -0.2) is 22.2 Å². The van der Waals surface area contributed by atoms with Crippen LogP contribution in [0.15, 0.2) is 41.3 Å². The van der Waals surface area contributed by atoms with Crippen molar-refractivity contribution in [2.75, 3.05) is 18.5 Å². The van der Waals surface area contributed by atoms with Crippen LogP contribution in [-0.4, -0.2) is 36.7 Å². The molecule has 0 radical (unpaired) electrons. The predicted octanol–water partition coefficient (Wildman–Crippen LogP) is 3.75. The number of nitrogens with zero attached hydrogens (tertiary/aromatic N) is 2. The summed E-state index contributed by atoms with van der Waals surface area (Å²) in [5, 5.41) is 0.186. The maximum Gasteiger partial charge on any atom is 0.269 e. The van der Waals surface area contributed by atoms with Gasteiger partial charge in [-0.15, -0.1) is 0 Å². The number of benzene rings is 2. The van der Waals surface area contributed by atoms with Gasteiger partial charge in [0.15, 0.2) is 5.82 Å². The summed E-state index contributed by atoms with van der Waals surface area (Å²) in [6.45, 7) is 3.08. The van der Waals surface area contributed by atoms with E-state index in [1.54, 1.807) is 0 Å². The van der Waals surface area contributed by atoms with Crippen LogP contribution < -0.4 is 10.9 Å². The second kappa shape index (κ2) is 8.48. The number of carbonyl (C=O) groups is 1. The van der Waals surface area contributed by atoms with Gasteiger partial charge in [0.25, 0.3) is 5.91 Å². The summed E-state index contributed by atoms with van der Waals surface area (Å²) in [7, 11) is -3.59. The standard InChI is InChI=1S/C20H20F2N4O3S2/c1-12-6-8-26(9-7-12)31(28,29)15-4-2-13(3-5-15)19(27)24-25-20-23-18-16(22)10-14(21)11-17(18)30-20/h2-5,10-12H,6-9H2,1H3,(H,23,25)(H,24,27). The van der Waals surface area contributed by atoms with E-state index < -0.39 is 27.6 Å². The van der Waals surface area contributed by atoms with Gasteiger partial charge in [0, 0.05) is 24.7 Å². The molecule has 1 saturated heterocycles. The number of hydrogen-bond donors (Lipinski definition) is 2. The lowest BCUT2D eigenvalue weighted by Gasteiger charge is -2.29. The van der Waals surface area contributed by atoms with E-state index in [9.17, 15) is 22.0 Å². The Labute approximate surface area is 182 Å². The summed E-state index contributed by atoms with van der Waals surface area (Å²) in [6.07, 6.45) is 1.65. The van der Waals surface area contributed by atoms with Crippen molar-refractivity contribution in [1.82, 2.24) is 14.7 Å². The summed E-state index contributed by atoms with van der Waals surface area (Å²) in [4.78, 5) is 16.5. The number of hydrazine groups is 1. The molecular formula is C20H20F2N4O3S2. The average Bonchev–Trinajstić information content (AvgIpc) is 3.15. The lowest BCUT2D eigenvalue weighted by Crippen LogP contribution is -2.37. The number of thiazole rings is 1. The molecule has 2 N–H and O–H groups in total. The fraction of sp³-hybridized carbons (Fsp3) is 0.300. The van der Waals surface area contributed by atoms with Crippen LogP contribution in [0.3, 0.4) is 0 Å². The van der Waals surface area contributed by atoms with Crippen molar-refractivity contribution >= 4 is 42.6 Å². The van der Waals surface area contributed by atoms with E-state index in [0.717, 1.165) is 36.3 Å². The smallest absolute Gasteiger partial charge is 0.269 e. The Bertz CT molecular complexity index is 1220. The molecule has 0 atom stereocenters. The number of fused-ring (bicyclic) bond motifs is 1. The largest absolute Gasteiger partial charge is 0.273 e. The van der Waals surface area contributed by atoms with Crippen molar-refractivity contribution in [3.8, 4) is 0 Å². The highest BCUT2D eigenvalue weighted by molar-refractivity contribution is 7.89. The topological polar surface area (TPSA) is 91.4 Å². The molecule has 164 valence electrons. The van der Waals surface area contributed by atoms with E-state index >= 15 is 0 Å². The van der Waals surface area contributed by atoms with Gasteiger partial charge < -0.3 is 0 Å². The van der Waals surface area contributed by atoms with Gasteiger partial charge in [-0.2, -0.15) is 4.31 Å². The van der Waals surface area contributed by atoms with Crippen LogP contribution in [0.25, 0.3) is 10.2 Å². The van der Waals surface area contributed by atoms with Crippen LogP contribution >= 0.6 is 11.3 Å². The number of sulfonamides is 1. The molecule has 0 bridgehead atoms. The molecular weight excluding hydrogens is 446 g/mol. The number of hydrogen-bond acceptors (Lipinski definition) is 6. The molecule has 1 amide bonds. The van der Waals surface area contributed by atoms with Gasteiger partial charge in [0.2, 0.25) is 15.2 Å². The molecule has 1 aromatic heterocycles. The number of nitrogens with one attached hydrogen (secondary N) is 2. The van der Waals surface area contributed by atoms with Crippen LogP contribution in [0.5, 0.6) is 0 Å². The van der Waals surface area contributed by atoms with Crippen molar-refractivity contribution in [1.29, 1.82) is 0 Å². The van der Waals surface area contributed by atoms with Crippen molar-refractivity contribution in [2.45, 2.75) is 24.7 Å². The van der Waals surface area contributed by atoms with Gasteiger partial charge in [-0.1, -0.05) is 18.3 Å². The predicted molar refractivity (Wildman–Crippen MR) is 114 cm³/mol. The molecule has 1 aliphatic heterocycles. The molecule has 0 spiro atoms. The maximum absolute atomic E-state index is 13.7. The van der Waals surface area contributed by atoms with Crippen molar-refractivity contribution in [2.24, 2.45) is 5.92 Å². The first-order chi connectivity index (χ1) is 14.7. The third-order valence-corrected chi connectivity index (χ3v) is 8.02. The Morgan fingerprint density at radius 3 is 2.52 bits per heavy atom. The molecule has 0 saturated carbocycles. The molecule has 11 heteroatoms. The van der Waals surface area contributed by atoms with Crippen LogP contribution in [0.2, 0.25) is 0 Å². The highest BCUT2D eigenvalue weighted by atomic mass is 32.2. The highest BCUT2D eigenvalue weighted by Crippen LogP contribution is 2.28. The second-order valence-corrected chi connectivity index (χ2v) is 10.4. The Hall–Kier alpha value is -2.63. The number of carbonyl (C=O) groups excluding carboxylic acids is 1. The minimum absolute atomic E-state index is 0.00446. The summed E-state index contributed by atoms with van der Waals surface area (Å²) >= 11 is 0.983. The summed E-state index contributed by atoms with van der Waals surface area (Å²) in [6, 6.07) is 7.54. The number of rotatable bonds is 5. The fourth-order valence-corrected chi connectivity index (χ4v) is 5.67. The van der Waals surface area contributed by atoms with Crippen molar-refractivity contribution in [3.63, 3.8) is 0 Å². The zero-order chi connectivity index (χ0) is 22.2. The number of anilines is 1. The minimum Gasteiger partial charge on any atom is -0.273 e. The highest BCUT2D eigenvalue weighted by Gasteiger charge is 2.28. The molecule has 31 heavy (non-hydrogen) atoms. The summed E-state index contributed by atoms with van der Waals surface area (Å²) in [5.74, 6) is -1.51. The molecule has 2 heterocycles. The lowest BCUT2D eigenvalue weighted by atomic mass is 10.0. The number of piperidine rings is 1. The van der Waals surface area contributed by atoms with Crippen LogP contribution in [0.1, 0.15) is 30.1 Å². The number of aromatic nitrogens is 1. The molecule has 7 nitrogen and oxygen atoms in total. The molecule has 0 aliphatic carbocycles. The monoisotopic (exact) mass is 466 g/mol. The van der Waals surface area contributed by atoms with Crippen molar-refractivity contribution < 1.29 is 22.0 Å². The first-order valence-electron chi connectivity index (χ1n) is 9.66. The van der Waals surface area contributed by atoms with E-state index in [1.807, 2.05) is 0 Å². The Kier molecular flexibility index (Phi) is 5.91. The first kappa shape index (κ1) is 21.6. The lowest BCUT2D eigenvalue weighted by molar-refractivity contribution is 0.0962. The summed E-state index contributed by atoms with van der Waals surface area (Å²) in [5.41, 5.74) is 5.23. The zero-order valence-corrected chi connectivity index (χ0v) is 18.2. The van der Waals surface area contributed by atoms with Gasteiger partial charge in [0.1, 0.15) is 11.3 Å². The fourth-order valence-electron chi connectivity index (χ4n) is 3.35.